The second-order valence-corrected chi connectivity index (χ2v) is 1.60. The molecule has 0 atom stereocenters. The first kappa shape index (κ1) is 5.31. The zero-order valence-electron chi connectivity index (χ0n) is 3.87. The van der Waals surface area contributed by atoms with Crippen molar-refractivity contribution in [3.63, 3.8) is 0 Å². The molecule has 42 valence electrons. The Morgan fingerprint density at radius 1 is 1.62 bits per heavy atom. The van der Waals surface area contributed by atoms with Crippen LogP contribution in [0.5, 0.6) is 5.88 Å². The van der Waals surface area contributed by atoms with E-state index in [1.807, 2.05) is 0 Å². The lowest BCUT2D eigenvalue weighted by Crippen LogP contribution is -1.75. The van der Waals surface area contributed by atoms with E-state index in [4.69, 9.17) is 16.7 Å². The third-order valence-corrected chi connectivity index (χ3v) is 0.915. The fourth-order valence-electron chi connectivity index (χ4n) is 0.306. The summed E-state index contributed by atoms with van der Waals surface area (Å²) in [4.78, 5) is 6.93. The number of aromatic nitrogens is 2. The van der Waals surface area contributed by atoms with Gasteiger partial charge in [-0.2, -0.15) is 0 Å². The van der Waals surface area contributed by atoms with Gasteiger partial charge in [0.25, 0.3) is 0 Å². The second kappa shape index (κ2) is 1.96. The highest BCUT2D eigenvalue weighted by Crippen LogP contribution is 2.15. The number of hydrogen-bond donors (Lipinski definition) is 1. The van der Waals surface area contributed by atoms with Gasteiger partial charge in [0, 0.05) is 0 Å². The summed E-state index contributed by atoms with van der Waals surface area (Å²) in [6, 6.07) is 0. The lowest BCUT2D eigenvalue weighted by atomic mass is 10.6. The zero-order chi connectivity index (χ0) is 5.98. The minimum absolute atomic E-state index is 0.174. The molecule has 1 N–H and O–H groups in total. The van der Waals surface area contributed by atoms with Crippen LogP contribution in [-0.4, -0.2) is 15.1 Å². The van der Waals surface area contributed by atoms with Crippen LogP contribution in [0.4, 0.5) is 0 Å². The van der Waals surface area contributed by atoms with Gasteiger partial charge in [0.15, 0.2) is 0 Å². The van der Waals surface area contributed by atoms with Gasteiger partial charge in [0.1, 0.15) is 11.3 Å². The lowest BCUT2D eigenvalue weighted by Gasteiger charge is -1.87. The van der Waals surface area contributed by atoms with Crippen molar-refractivity contribution in [2.45, 2.75) is 0 Å². The maximum Gasteiger partial charge on any atom is 0.233 e. The first-order chi connectivity index (χ1) is 3.80. The second-order valence-electron chi connectivity index (χ2n) is 1.19. The first-order valence-electron chi connectivity index (χ1n) is 1.95. The molecule has 0 amide bonds. The van der Waals surface area contributed by atoms with Crippen LogP contribution in [0.25, 0.3) is 0 Å². The molecule has 0 aliphatic carbocycles. The maximum atomic E-state index is 8.64. The molecule has 0 aliphatic rings. The molecule has 0 aromatic carbocycles. The molecule has 0 aliphatic heterocycles. The summed E-state index contributed by atoms with van der Waals surface area (Å²) in [5.41, 5.74) is 0. The van der Waals surface area contributed by atoms with Gasteiger partial charge >= 0.3 is 0 Å². The van der Waals surface area contributed by atoms with Gasteiger partial charge in [0.05, 0.1) is 6.20 Å². The predicted molar refractivity (Wildman–Crippen MR) is 28.7 cm³/mol. The number of halogens is 1. The quantitative estimate of drug-likeness (QED) is 0.566. The average molecular weight is 131 g/mol. The molecular formula is C4H3ClN2O. The van der Waals surface area contributed by atoms with Gasteiger partial charge in [-0.1, -0.05) is 11.6 Å². The highest BCUT2D eigenvalue weighted by molar-refractivity contribution is 6.31. The Hall–Kier alpha value is -0.830. The Kier molecular flexibility index (Phi) is 1.30. The van der Waals surface area contributed by atoms with Gasteiger partial charge < -0.3 is 5.11 Å². The van der Waals surface area contributed by atoms with Crippen molar-refractivity contribution in [2.24, 2.45) is 0 Å². The number of nitrogens with zero attached hydrogens (tertiary/aromatic N) is 2. The largest absolute Gasteiger partial charge is 0.492 e. The Balaban J connectivity index is 3.13. The van der Waals surface area contributed by atoms with Crippen molar-refractivity contribution in [3.8, 4) is 5.88 Å². The van der Waals surface area contributed by atoms with Crippen molar-refractivity contribution in [3.05, 3.63) is 17.5 Å². The SMILES string of the molecule is Oc1ncncc1Cl. The highest BCUT2D eigenvalue weighted by atomic mass is 35.5. The molecule has 8 heavy (non-hydrogen) atoms. The van der Waals surface area contributed by atoms with Crippen LogP contribution in [0.2, 0.25) is 5.02 Å². The van der Waals surface area contributed by atoms with Crippen LogP contribution in [0.1, 0.15) is 0 Å². The van der Waals surface area contributed by atoms with Crippen molar-refractivity contribution >= 4 is 11.6 Å². The summed E-state index contributed by atoms with van der Waals surface area (Å²) < 4.78 is 0. The molecule has 0 saturated carbocycles. The van der Waals surface area contributed by atoms with E-state index >= 15 is 0 Å². The molecule has 0 radical (unpaired) electrons. The molecule has 1 aromatic rings. The number of hydrogen-bond acceptors (Lipinski definition) is 3. The Morgan fingerprint density at radius 2 is 2.38 bits per heavy atom. The van der Waals surface area contributed by atoms with Crippen molar-refractivity contribution in [2.75, 3.05) is 0 Å². The molecule has 1 aromatic heterocycles. The molecule has 0 saturated heterocycles. The van der Waals surface area contributed by atoms with E-state index in [2.05, 4.69) is 9.97 Å². The molecule has 1 rings (SSSR count). The van der Waals surface area contributed by atoms with Gasteiger partial charge in [-0.05, 0) is 0 Å². The maximum absolute atomic E-state index is 8.64. The predicted octanol–water partition coefficient (Wildman–Crippen LogP) is 0.836. The molecule has 3 nitrogen and oxygen atoms in total. The summed E-state index contributed by atoms with van der Waals surface area (Å²) in [5, 5.41) is 8.81. The zero-order valence-corrected chi connectivity index (χ0v) is 4.63. The summed E-state index contributed by atoms with van der Waals surface area (Å²) >= 11 is 5.33. The third-order valence-electron chi connectivity index (χ3n) is 0.648. The summed E-state index contributed by atoms with van der Waals surface area (Å²) in [6.45, 7) is 0. The molecule has 0 bridgehead atoms. The molecule has 0 fully saturated rings. The van der Waals surface area contributed by atoms with E-state index in [9.17, 15) is 0 Å². The fraction of sp³-hybridized carbons (Fsp3) is 0. The molecule has 4 heteroatoms. The Labute approximate surface area is 51.0 Å². The van der Waals surface area contributed by atoms with Crippen molar-refractivity contribution < 1.29 is 5.11 Å². The van der Waals surface area contributed by atoms with Crippen LogP contribution in [-0.2, 0) is 0 Å². The monoisotopic (exact) mass is 130 g/mol. The first-order valence-corrected chi connectivity index (χ1v) is 2.33. The molecule has 0 unspecified atom stereocenters. The summed E-state index contributed by atoms with van der Waals surface area (Å²) in [6.07, 6.45) is 2.55. The van der Waals surface area contributed by atoms with E-state index in [0.29, 0.717) is 0 Å². The van der Waals surface area contributed by atoms with E-state index in [1.165, 1.54) is 12.5 Å². The van der Waals surface area contributed by atoms with Crippen LogP contribution in [0, 0.1) is 0 Å². The number of aromatic hydroxyl groups is 1. The summed E-state index contributed by atoms with van der Waals surface area (Å²) in [5.74, 6) is -0.179. The average Bonchev–Trinajstić information content (AvgIpc) is 1.77. The molecular weight excluding hydrogens is 128 g/mol. The fourth-order valence-corrected chi connectivity index (χ4v) is 0.411. The molecule has 0 spiro atoms. The van der Waals surface area contributed by atoms with Crippen LogP contribution < -0.4 is 0 Å². The smallest absolute Gasteiger partial charge is 0.233 e. The molecule has 1 heterocycles. The third kappa shape index (κ3) is 0.869. The number of rotatable bonds is 0. The van der Waals surface area contributed by atoms with Crippen LogP contribution >= 0.6 is 11.6 Å². The minimum atomic E-state index is -0.179. The van der Waals surface area contributed by atoms with Crippen LogP contribution in [0.15, 0.2) is 12.5 Å². The van der Waals surface area contributed by atoms with E-state index in [1.54, 1.807) is 0 Å². The van der Waals surface area contributed by atoms with Gasteiger partial charge in [-0.15, -0.1) is 0 Å². The highest BCUT2D eigenvalue weighted by Gasteiger charge is 1.93. The normalized spacial score (nSPS) is 9.12. The topological polar surface area (TPSA) is 46.0 Å². The van der Waals surface area contributed by atoms with E-state index < -0.39 is 0 Å². The Bertz CT molecular complexity index is 170. The standard InChI is InChI=1S/C4H3ClN2O/c5-3-1-6-2-7-4(3)8/h1-2H,(H,6,7,8). The van der Waals surface area contributed by atoms with Crippen LogP contribution in [0.3, 0.4) is 0 Å². The van der Waals surface area contributed by atoms with Crippen molar-refractivity contribution in [1.29, 1.82) is 0 Å². The van der Waals surface area contributed by atoms with Gasteiger partial charge in [0.2, 0.25) is 5.88 Å². The lowest BCUT2D eigenvalue weighted by molar-refractivity contribution is 0.452. The van der Waals surface area contributed by atoms with E-state index in [-0.39, 0.29) is 10.9 Å². The van der Waals surface area contributed by atoms with Gasteiger partial charge in [-0.3, -0.25) is 0 Å². The van der Waals surface area contributed by atoms with Crippen molar-refractivity contribution in [1.82, 2.24) is 9.97 Å². The minimum Gasteiger partial charge on any atom is -0.492 e. The summed E-state index contributed by atoms with van der Waals surface area (Å²) in [7, 11) is 0. The Morgan fingerprint density at radius 3 is 2.75 bits per heavy atom. The van der Waals surface area contributed by atoms with Gasteiger partial charge in [-0.25, -0.2) is 9.97 Å². The van der Waals surface area contributed by atoms with E-state index in [0.717, 1.165) is 0 Å².